The number of nitrogens with one attached hydrogen (secondary N) is 1. The van der Waals surface area contributed by atoms with Crippen molar-refractivity contribution in [1.29, 1.82) is 0 Å². The van der Waals surface area contributed by atoms with Crippen LogP contribution in [0.25, 0.3) is 10.2 Å². The van der Waals surface area contributed by atoms with Crippen LogP contribution in [0.2, 0.25) is 5.02 Å². The van der Waals surface area contributed by atoms with Crippen molar-refractivity contribution in [3.05, 3.63) is 22.7 Å². The Morgan fingerprint density at radius 1 is 1.45 bits per heavy atom. The van der Waals surface area contributed by atoms with Gasteiger partial charge in [0.05, 0.1) is 14.5 Å². The minimum absolute atomic E-state index is 0.117. The Bertz CT molecular complexity index is 661. The minimum atomic E-state index is -0.622. The highest BCUT2D eigenvalue weighted by atomic mass is 79.9. The van der Waals surface area contributed by atoms with Crippen LogP contribution in [0.1, 0.15) is 39.2 Å². The summed E-state index contributed by atoms with van der Waals surface area (Å²) in [4.78, 5) is 16.5. The lowest BCUT2D eigenvalue weighted by atomic mass is 10.0. The standard InChI is InChI=1S/C14H16BrClN2OS/c1-7(2)9-5-8(16)6-10-11(9)17-13(20-10)18-12(19)14(3,4)15/h5-7H,1-4H3,(H,17,18,19). The molecule has 0 radical (unpaired) electrons. The summed E-state index contributed by atoms with van der Waals surface area (Å²) in [5.41, 5.74) is 2.01. The van der Waals surface area contributed by atoms with Crippen LogP contribution in [-0.2, 0) is 4.79 Å². The number of thiazole rings is 1. The normalized spacial score (nSPS) is 12.2. The number of alkyl halides is 1. The molecule has 1 aromatic heterocycles. The maximum absolute atomic E-state index is 12.0. The van der Waals surface area contributed by atoms with E-state index in [1.54, 1.807) is 13.8 Å². The van der Waals surface area contributed by atoms with Gasteiger partial charge in [-0.2, -0.15) is 0 Å². The first-order chi connectivity index (χ1) is 9.18. The highest BCUT2D eigenvalue weighted by molar-refractivity contribution is 9.10. The largest absolute Gasteiger partial charge is 0.301 e. The predicted molar refractivity (Wildman–Crippen MR) is 90.4 cm³/mol. The smallest absolute Gasteiger partial charge is 0.242 e. The number of hydrogen-bond donors (Lipinski definition) is 1. The maximum Gasteiger partial charge on any atom is 0.242 e. The number of hydrogen-bond acceptors (Lipinski definition) is 3. The predicted octanol–water partition coefficient (Wildman–Crippen LogP) is 5.19. The van der Waals surface area contributed by atoms with Crippen LogP contribution in [0.15, 0.2) is 12.1 Å². The fraction of sp³-hybridized carbons (Fsp3) is 0.429. The van der Waals surface area contributed by atoms with Gasteiger partial charge >= 0.3 is 0 Å². The van der Waals surface area contributed by atoms with Gasteiger partial charge in [-0.25, -0.2) is 4.98 Å². The van der Waals surface area contributed by atoms with Gasteiger partial charge in [-0.3, -0.25) is 4.79 Å². The lowest BCUT2D eigenvalue weighted by Crippen LogP contribution is -2.30. The lowest BCUT2D eigenvalue weighted by molar-refractivity contribution is -0.117. The first kappa shape index (κ1) is 15.7. The fourth-order valence-corrected chi connectivity index (χ4v) is 3.09. The van der Waals surface area contributed by atoms with Crippen molar-refractivity contribution in [1.82, 2.24) is 4.98 Å². The van der Waals surface area contributed by atoms with E-state index in [-0.39, 0.29) is 5.91 Å². The molecule has 0 aliphatic heterocycles. The van der Waals surface area contributed by atoms with Crippen LogP contribution in [-0.4, -0.2) is 15.2 Å². The Labute approximate surface area is 135 Å². The van der Waals surface area contributed by atoms with Crippen molar-refractivity contribution < 1.29 is 4.79 Å². The topological polar surface area (TPSA) is 42.0 Å². The monoisotopic (exact) mass is 374 g/mol. The molecule has 0 saturated heterocycles. The second-order valence-corrected chi connectivity index (χ2v) is 8.89. The molecule has 0 saturated carbocycles. The average molecular weight is 376 g/mol. The molecule has 20 heavy (non-hydrogen) atoms. The number of halogens is 2. The van der Waals surface area contributed by atoms with Crippen molar-refractivity contribution in [2.75, 3.05) is 5.32 Å². The van der Waals surface area contributed by atoms with Crippen LogP contribution in [0, 0.1) is 0 Å². The molecule has 6 heteroatoms. The number of rotatable bonds is 3. The van der Waals surface area contributed by atoms with Crippen LogP contribution in [0.5, 0.6) is 0 Å². The van der Waals surface area contributed by atoms with Gasteiger partial charge in [-0.15, -0.1) is 0 Å². The second-order valence-electron chi connectivity index (χ2n) is 5.44. The molecule has 0 unspecified atom stereocenters. The minimum Gasteiger partial charge on any atom is -0.301 e. The summed E-state index contributed by atoms with van der Waals surface area (Å²) in [6.07, 6.45) is 0. The van der Waals surface area contributed by atoms with Gasteiger partial charge in [0.15, 0.2) is 5.13 Å². The number of aromatic nitrogens is 1. The van der Waals surface area contributed by atoms with Crippen LogP contribution < -0.4 is 5.32 Å². The first-order valence-electron chi connectivity index (χ1n) is 6.29. The number of nitrogens with zero attached hydrogens (tertiary/aromatic N) is 1. The summed E-state index contributed by atoms with van der Waals surface area (Å²) in [5.74, 6) is 0.211. The van der Waals surface area contributed by atoms with E-state index in [0.29, 0.717) is 16.1 Å². The van der Waals surface area contributed by atoms with E-state index in [9.17, 15) is 4.79 Å². The Morgan fingerprint density at radius 3 is 2.65 bits per heavy atom. The zero-order chi connectivity index (χ0) is 15.1. The van der Waals surface area contributed by atoms with Crippen molar-refractivity contribution in [2.45, 2.75) is 37.9 Å². The van der Waals surface area contributed by atoms with Gasteiger partial charge in [0.2, 0.25) is 5.91 Å². The molecule has 108 valence electrons. The van der Waals surface area contributed by atoms with Gasteiger partial charge in [0.25, 0.3) is 0 Å². The van der Waals surface area contributed by atoms with Gasteiger partial charge in [0, 0.05) is 5.02 Å². The fourth-order valence-electron chi connectivity index (χ4n) is 1.76. The lowest BCUT2D eigenvalue weighted by Gasteiger charge is -2.13. The van der Waals surface area contributed by atoms with Crippen LogP contribution >= 0.6 is 38.9 Å². The molecular weight excluding hydrogens is 360 g/mol. The number of carbonyl (C=O) groups excluding carboxylic acids is 1. The molecule has 0 atom stereocenters. The molecule has 1 amide bonds. The van der Waals surface area contributed by atoms with Gasteiger partial charge in [-0.05, 0) is 37.5 Å². The second kappa shape index (κ2) is 5.62. The van der Waals surface area contributed by atoms with Crippen LogP contribution in [0.4, 0.5) is 5.13 Å². The van der Waals surface area contributed by atoms with Crippen LogP contribution in [0.3, 0.4) is 0 Å². The third-order valence-corrected chi connectivity index (χ3v) is 4.37. The molecule has 2 rings (SSSR count). The van der Waals surface area contributed by atoms with Crippen molar-refractivity contribution >= 4 is 60.1 Å². The van der Waals surface area contributed by atoms with E-state index >= 15 is 0 Å². The molecule has 0 aliphatic rings. The number of amides is 1. The van der Waals surface area contributed by atoms with E-state index < -0.39 is 4.32 Å². The first-order valence-corrected chi connectivity index (χ1v) is 8.27. The average Bonchev–Trinajstić information content (AvgIpc) is 2.68. The van der Waals surface area contributed by atoms with Gasteiger partial charge in [0.1, 0.15) is 0 Å². The molecule has 1 heterocycles. The van der Waals surface area contributed by atoms with E-state index in [0.717, 1.165) is 15.8 Å². The highest BCUT2D eigenvalue weighted by Crippen LogP contribution is 2.35. The van der Waals surface area contributed by atoms with Gasteiger partial charge < -0.3 is 5.32 Å². The molecule has 1 N–H and O–H groups in total. The molecule has 0 bridgehead atoms. The summed E-state index contributed by atoms with van der Waals surface area (Å²) in [5, 5.41) is 4.13. The van der Waals surface area contributed by atoms with Crippen molar-refractivity contribution in [2.24, 2.45) is 0 Å². The van der Waals surface area contributed by atoms with Gasteiger partial charge in [-0.1, -0.05) is 52.7 Å². The third kappa shape index (κ3) is 3.32. The molecule has 0 aliphatic carbocycles. The quantitative estimate of drug-likeness (QED) is 0.750. The number of fused-ring (bicyclic) bond motifs is 1. The van der Waals surface area contributed by atoms with E-state index in [1.165, 1.54) is 11.3 Å². The number of benzene rings is 1. The summed E-state index contributed by atoms with van der Waals surface area (Å²) < 4.78 is 0.368. The zero-order valence-electron chi connectivity index (χ0n) is 11.8. The summed E-state index contributed by atoms with van der Waals surface area (Å²) in [7, 11) is 0. The molecule has 3 nitrogen and oxygen atoms in total. The van der Waals surface area contributed by atoms with E-state index in [1.807, 2.05) is 12.1 Å². The SMILES string of the molecule is CC(C)c1cc(Cl)cc2sc(NC(=O)C(C)(C)Br)nc12. The Balaban J connectivity index is 2.44. The Morgan fingerprint density at radius 2 is 2.10 bits per heavy atom. The molecule has 0 fully saturated rings. The number of carbonyl (C=O) groups is 1. The maximum atomic E-state index is 12.0. The van der Waals surface area contributed by atoms with E-state index in [4.69, 9.17) is 11.6 Å². The molecular formula is C14H16BrClN2OS. The van der Waals surface area contributed by atoms with E-state index in [2.05, 4.69) is 40.1 Å². The Hall–Kier alpha value is -0.650. The highest BCUT2D eigenvalue weighted by Gasteiger charge is 2.25. The number of anilines is 1. The molecule has 0 spiro atoms. The summed E-state index contributed by atoms with van der Waals surface area (Å²) in [6, 6.07) is 3.82. The van der Waals surface area contributed by atoms with Crippen molar-refractivity contribution in [3.8, 4) is 0 Å². The molecule has 1 aromatic carbocycles. The molecule has 2 aromatic rings. The summed E-state index contributed by atoms with van der Waals surface area (Å²) in [6.45, 7) is 7.80. The Kier molecular flexibility index (Phi) is 4.42. The third-order valence-electron chi connectivity index (χ3n) is 2.87. The van der Waals surface area contributed by atoms with Crippen molar-refractivity contribution in [3.63, 3.8) is 0 Å². The summed E-state index contributed by atoms with van der Waals surface area (Å²) >= 11 is 10.9. The zero-order valence-corrected chi connectivity index (χ0v) is 14.9.